The molecule has 1 aromatic rings. The van der Waals surface area contributed by atoms with Crippen molar-refractivity contribution in [2.45, 2.75) is 32.9 Å². The maximum atomic E-state index is 11.9. The number of amides is 1. The molecule has 0 bridgehead atoms. The van der Waals surface area contributed by atoms with Crippen LogP contribution in [0.3, 0.4) is 0 Å². The standard InChI is InChI=1S/C11H13ClN2O3S/c1-11(2,3)17-10(16)14-4-6-8(7(15)5-14)18-9(12)13-6/h4-5H2,1-3H3. The summed E-state index contributed by atoms with van der Waals surface area (Å²) in [6, 6.07) is 0. The highest BCUT2D eigenvalue weighted by Crippen LogP contribution is 2.28. The first-order valence-corrected chi connectivity index (χ1v) is 6.62. The van der Waals surface area contributed by atoms with Gasteiger partial charge in [0.2, 0.25) is 0 Å². The van der Waals surface area contributed by atoms with Crippen LogP contribution in [0.4, 0.5) is 4.79 Å². The van der Waals surface area contributed by atoms with E-state index in [1.807, 2.05) is 0 Å². The van der Waals surface area contributed by atoms with Gasteiger partial charge in [-0.15, -0.1) is 0 Å². The van der Waals surface area contributed by atoms with Crippen LogP contribution < -0.4 is 0 Å². The maximum Gasteiger partial charge on any atom is 0.411 e. The van der Waals surface area contributed by atoms with Gasteiger partial charge in [0.05, 0.1) is 23.7 Å². The molecule has 7 heteroatoms. The summed E-state index contributed by atoms with van der Waals surface area (Å²) < 4.78 is 5.54. The van der Waals surface area contributed by atoms with Gasteiger partial charge in [-0.05, 0) is 20.8 Å². The summed E-state index contributed by atoms with van der Waals surface area (Å²) in [7, 11) is 0. The lowest BCUT2D eigenvalue weighted by atomic mass is 10.1. The van der Waals surface area contributed by atoms with Crippen molar-refractivity contribution in [1.29, 1.82) is 0 Å². The van der Waals surface area contributed by atoms with Crippen molar-refractivity contribution in [2.75, 3.05) is 6.54 Å². The quantitative estimate of drug-likeness (QED) is 0.736. The molecule has 0 N–H and O–H groups in total. The van der Waals surface area contributed by atoms with Gasteiger partial charge in [-0.3, -0.25) is 9.69 Å². The van der Waals surface area contributed by atoms with Gasteiger partial charge >= 0.3 is 6.09 Å². The van der Waals surface area contributed by atoms with Crippen molar-refractivity contribution in [1.82, 2.24) is 9.88 Å². The number of rotatable bonds is 0. The van der Waals surface area contributed by atoms with Crippen LogP contribution in [0.15, 0.2) is 0 Å². The third-order valence-corrected chi connectivity index (χ3v) is 3.49. The summed E-state index contributed by atoms with van der Waals surface area (Å²) in [4.78, 5) is 29.6. The molecular formula is C11H13ClN2O3S. The molecule has 1 amide bonds. The molecule has 2 heterocycles. The Morgan fingerprint density at radius 2 is 2.11 bits per heavy atom. The zero-order valence-electron chi connectivity index (χ0n) is 10.3. The Kier molecular flexibility index (Phi) is 3.33. The molecule has 0 unspecified atom stereocenters. The number of carbonyl (C=O) groups is 2. The first-order chi connectivity index (χ1) is 8.26. The van der Waals surface area contributed by atoms with E-state index in [0.29, 0.717) is 15.0 Å². The number of hydrogen-bond donors (Lipinski definition) is 0. The van der Waals surface area contributed by atoms with Gasteiger partial charge in [-0.1, -0.05) is 22.9 Å². The minimum Gasteiger partial charge on any atom is -0.444 e. The largest absolute Gasteiger partial charge is 0.444 e. The molecule has 1 aromatic heterocycles. The van der Waals surface area contributed by atoms with Gasteiger partial charge in [-0.2, -0.15) is 0 Å². The molecule has 5 nitrogen and oxygen atoms in total. The molecule has 0 aliphatic carbocycles. The Bertz CT molecular complexity index is 507. The number of nitrogens with zero attached hydrogens (tertiary/aromatic N) is 2. The van der Waals surface area contributed by atoms with Gasteiger partial charge in [0.25, 0.3) is 0 Å². The highest BCUT2D eigenvalue weighted by Gasteiger charge is 2.32. The van der Waals surface area contributed by atoms with Gasteiger partial charge < -0.3 is 4.74 Å². The van der Waals surface area contributed by atoms with Gasteiger partial charge in [0.15, 0.2) is 10.3 Å². The van der Waals surface area contributed by atoms with Crippen LogP contribution in [0.1, 0.15) is 36.1 Å². The predicted molar refractivity (Wildman–Crippen MR) is 68.1 cm³/mol. The van der Waals surface area contributed by atoms with E-state index in [1.165, 1.54) is 4.90 Å². The number of carbonyl (C=O) groups excluding carboxylic acids is 2. The number of ether oxygens (including phenoxy) is 1. The smallest absolute Gasteiger partial charge is 0.411 e. The van der Waals surface area contributed by atoms with E-state index in [9.17, 15) is 9.59 Å². The molecule has 0 aromatic carbocycles. The van der Waals surface area contributed by atoms with E-state index < -0.39 is 11.7 Å². The van der Waals surface area contributed by atoms with Crippen molar-refractivity contribution in [2.24, 2.45) is 0 Å². The number of aromatic nitrogens is 1. The van der Waals surface area contributed by atoms with Crippen LogP contribution in [-0.4, -0.2) is 33.9 Å². The maximum absolute atomic E-state index is 11.9. The zero-order valence-corrected chi connectivity index (χ0v) is 11.9. The van der Waals surface area contributed by atoms with Gasteiger partial charge in [0, 0.05) is 0 Å². The van der Waals surface area contributed by atoms with Crippen molar-refractivity contribution in [3.63, 3.8) is 0 Å². The molecule has 1 aliphatic rings. The summed E-state index contributed by atoms with van der Waals surface area (Å²) in [6.07, 6.45) is -0.509. The van der Waals surface area contributed by atoms with E-state index in [1.54, 1.807) is 20.8 Å². The van der Waals surface area contributed by atoms with Crippen molar-refractivity contribution in [3.8, 4) is 0 Å². The third-order valence-electron chi connectivity index (χ3n) is 2.25. The lowest BCUT2D eigenvalue weighted by molar-refractivity contribution is 0.0219. The number of thiazole rings is 1. The van der Waals surface area contributed by atoms with Gasteiger partial charge in [0.1, 0.15) is 5.60 Å². The second-order valence-corrected chi connectivity index (χ2v) is 6.58. The fraction of sp³-hybridized carbons (Fsp3) is 0.545. The highest BCUT2D eigenvalue weighted by atomic mass is 35.5. The van der Waals surface area contributed by atoms with E-state index in [2.05, 4.69) is 4.98 Å². The topological polar surface area (TPSA) is 59.5 Å². The second kappa shape index (κ2) is 4.51. The van der Waals surface area contributed by atoms with Crippen LogP contribution in [-0.2, 0) is 11.3 Å². The SMILES string of the molecule is CC(C)(C)OC(=O)N1CC(=O)c2sc(Cl)nc2C1. The Labute approximate surface area is 114 Å². The average Bonchev–Trinajstić information content (AvgIpc) is 2.56. The average molecular weight is 289 g/mol. The number of hydrogen-bond acceptors (Lipinski definition) is 5. The summed E-state index contributed by atoms with van der Waals surface area (Å²) in [5.41, 5.74) is -0.0350. The normalized spacial score (nSPS) is 15.6. The lowest BCUT2D eigenvalue weighted by Crippen LogP contribution is -2.42. The zero-order chi connectivity index (χ0) is 13.5. The lowest BCUT2D eigenvalue weighted by Gasteiger charge is -2.28. The monoisotopic (exact) mass is 288 g/mol. The Hall–Kier alpha value is -1.14. The summed E-state index contributed by atoms with van der Waals surface area (Å²) in [5.74, 6) is -0.147. The molecule has 0 saturated carbocycles. The molecule has 18 heavy (non-hydrogen) atoms. The minimum atomic E-state index is -0.583. The van der Waals surface area contributed by atoms with Crippen molar-refractivity contribution in [3.05, 3.63) is 15.0 Å². The van der Waals surface area contributed by atoms with Crippen LogP contribution in [0.25, 0.3) is 0 Å². The number of Topliss-reactive ketones (excluding diaryl/α,β-unsaturated/α-hetero) is 1. The molecule has 0 spiro atoms. The fourth-order valence-corrected chi connectivity index (χ4v) is 2.65. The Morgan fingerprint density at radius 1 is 1.44 bits per heavy atom. The molecule has 0 saturated heterocycles. The molecule has 0 atom stereocenters. The Morgan fingerprint density at radius 3 is 2.72 bits per heavy atom. The first-order valence-electron chi connectivity index (χ1n) is 5.42. The number of ketones is 1. The summed E-state index contributed by atoms with van der Waals surface area (Å²) in [6.45, 7) is 5.62. The minimum absolute atomic E-state index is 0.0143. The molecular weight excluding hydrogens is 276 g/mol. The van der Waals surface area contributed by atoms with E-state index in [0.717, 1.165) is 11.3 Å². The number of halogens is 1. The van der Waals surface area contributed by atoms with Crippen LogP contribution in [0.5, 0.6) is 0 Å². The molecule has 0 radical (unpaired) electrons. The fourth-order valence-electron chi connectivity index (χ4n) is 1.59. The molecule has 2 rings (SSSR count). The first kappa shape index (κ1) is 13.3. The summed E-state index contributed by atoms with van der Waals surface area (Å²) in [5, 5.41) is 0. The predicted octanol–water partition coefficient (Wildman–Crippen LogP) is 2.73. The highest BCUT2D eigenvalue weighted by molar-refractivity contribution is 7.17. The molecule has 1 aliphatic heterocycles. The van der Waals surface area contributed by atoms with Crippen LogP contribution >= 0.6 is 22.9 Å². The van der Waals surface area contributed by atoms with Crippen LogP contribution in [0.2, 0.25) is 4.47 Å². The molecule has 98 valence electrons. The van der Waals surface area contributed by atoms with E-state index in [4.69, 9.17) is 16.3 Å². The van der Waals surface area contributed by atoms with E-state index in [-0.39, 0.29) is 18.9 Å². The van der Waals surface area contributed by atoms with Crippen LogP contribution in [0, 0.1) is 0 Å². The molecule has 0 fully saturated rings. The number of fused-ring (bicyclic) bond motifs is 1. The summed E-state index contributed by atoms with van der Waals surface area (Å²) >= 11 is 6.92. The second-order valence-electron chi connectivity index (χ2n) is 5.00. The van der Waals surface area contributed by atoms with E-state index >= 15 is 0 Å². The Balaban J connectivity index is 2.16. The van der Waals surface area contributed by atoms with Crippen molar-refractivity contribution >= 4 is 34.8 Å². The van der Waals surface area contributed by atoms with Gasteiger partial charge in [-0.25, -0.2) is 9.78 Å². The van der Waals surface area contributed by atoms with Crippen molar-refractivity contribution < 1.29 is 14.3 Å². The third kappa shape index (κ3) is 2.81.